The highest BCUT2D eigenvalue weighted by atomic mass is 19.2. The maximum absolute atomic E-state index is 14.8. The van der Waals surface area contributed by atoms with Gasteiger partial charge in [0.2, 0.25) is 5.43 Å². The Hall–Kier alpha value is -4.02. The predicted octanol–water partition coefficient (Wildman–Crippen LogP) is 4.80. The van der Waals surface area contributed by atoms with E-state index in [0.717, 1.165) is 0 Å². The third-order valence-electron chi connectivity index (χ3n) is 4.57. The van der Waals surface area contributed by atoms with Gasteiger partial charge < -0.3 is 14.6 Å². The predicted molar refractivity (Wildman–Crippen MR) is 92.9 cm³/mol. The lowest BCUT2D eigenvalue weighted by Gasteiger charge is -2.18. The molecule has 2 N–H and O–H groups in total. The van der Waals surface area contributed by atoms with Gasteiger partial charge in [-0.3, -0.25) is 4.79 Å². The molecule has 0 amide bonds. The highest BCUT2D eigenvalue weighted by Crippen LogP contribution is 2.45. The van der Waals surface area contributed by atoms with Crippen LogP contribution in [-0.4, -0.2) is 16.2 Å². The van der Waals surface area contributed by atoms with Crippen molar-refractivity contribution in [1.82, 2.24) is 0 Å². The number of halogens is 6. The average Bonchev–Trinajstić information content (AvgIpc) is 2.70. The third kappa shape index (κ3) is 2.88. The summed E-state index contributed by atoms with van der Waals surface area (Å²) in [5.74, 6) is -15.7. The first-order valence-electron chi connectivity index (χ1n) is 8.21. The summed E-state index contributed by atoms with van der Waals surface area (Å²) in [4.78, 5) is 23.2. The first kappa shape index (κ1) is 20.3. The number of phenols is 1. The number of aromatic carboxylic acids is 1. The van der Waals surface area contributed by atoms with Crippen molar-refractivity contribution in [2.24, 2.45) is 0 Å². The first-order chi connectivity index (χ1) is 14.5. The summed E-state index contributed by atoms with van der Waals surface area (Å²) in [6.45, 7) is 0. The Balaban J connectivity index is 2.36. The van der Waals surface area contributed by atoms with Gasteiger partial charge in [0.15, 0.2) is 40.7 Å². The van der Waals surface area contributed by atoms with Crippen LogP contribution in [0.15, 0.2) is 33.5 Å². The summed E-state index contributed by atoms with van der Waals surface area (Å²) < 4.78 is 90.1. The van der Waals surface area contributed by atoms with Crippen LogP contribution in [-0.2, 0) is 0 Å². The zero-order valence-corrected chi connectivity index (χ0v) is 14.7. The molecule has 1 heterocycles. The van der Waals surface area contributed by atoms with E-state index in [1.165, 1.54) is 0 Å². The van der Waals surface area contributed by atoms with Crippen molar-refractivity contribution in [2.45, 2.75) is 0 Å². The SMILES string of the molecule is O=C(O)c1c(F)c(F)c(F)c(F)c1-c1c2cc(F)c(=O)cc-2oc2cc(O)c(F)cc12. The minimum Gasteiger partial charge on any atom is -0.505 e. The maximum atomic E-state index is 14.8. The number of phenolic OH excluding ortho intramolecular Hbond substituents is 1. The molecule has 0 unspecified atom stereocenters. The van der Waals surface area contributed by atoms with Gasteiger partial charge in [-0.05, 0) is 12.1 Å². The van der Waals surface area contributed by atoms with Gasteiger partial charge in [-0.1, -0.05) is 0 Å². The zero-order chi connectivity index (χ0) is 22.8. The number of hydrogen-bond acceptors (Lipinski definition) is 4. The molecule has 2 aliphatic rings. The van der Waals surface area contributed by atoms with Crippen LogP contribution in [0.5, 0.6) is 5.75 Å². The van der Waals surface area contributed by atoms with Gasteiger partial charge in [0.25, 0.3) is 0 Å². The van der Waals surface area contributed by atoms with E-state index in [0.29, 0.717) is 24.3 Å². The molecular weight excluding hydrogens is 434 g/mol. The Morgan fingerprint density at radius 1 is 0.806 bits per heavy atom. The Kier molecular flexibility index (Phi) is 4.42. The summed E-state index contributed by atoms with van der Waals surface area (Å²) in [5.41, 5.74) is -6.09. The van der Waals surface area contributed by atoms with Gasteiger partial charge in [0, 0.05) is 34.2 Å². The highest BCUT2D eigenvalue weighted by Gasteiger charge is 2.33. The minimum atomic E-state index is -2.41. The Morgan fingerprint density at radius 3 is 2.10 bits per heavy atom. The number of fused-ring (bicyclic) bond motifs is 2. The fraction of sp³-hybridized carbons (Fsp3) is 0. The molecule has 0 aromatic heterocycles. The summed E-state index contributed by atoms with van der Waals surface area (Å²) in [5, 5.41) is 18.4. The molecule has 0 saturated heterocycles. The van der Waals surface area contributed by atoms with Crippen LogP contribution < -0.4 is 5.43 Å². The molecule has 31 heavy (non-hydrogen) atoms. The normalized spacial score (nSPS) is 11.4. The lowest BCUT2D eigenvalue weighted by Crippen LogP contribution is -2.13. The van der Waals surface area contributed by atoms with Crippen molar-refractivity contribution in [3.05, 3.63) is 75.0 Å². The highest BCUT2D eigenvalue weighted by molar-refractivity contribution is 6.08. The molecule has 0 bridgehead atoms. The average molecular weight is 440 g/mol. The number of hydrogen-bond donors (Lipinski definition) is 2. The van der Waals surface area contributed by atoms with Crippen LogP contribution in [0.25, 0.3) is 33.4 Å². The van der Waals surface area contributed by atoms with Gasteiger partial charge in [-0.2, -0.15) is 0 Å². The maximum Gasteiger partial charge on any atom is 0.339 e. The van der Waals surface area contributed by atoms with Crippen molar-refractivity contribution >= 4 is 16.9 Å². The second kappa shape index (κ2) is 6.76. The quantitative estimate of drug-likeness (QED) is 0.202. The summed E-state index contributed by atoms with van der Waals surface area (Å²) in [6, 6.07) is 2.21. The summed E-state index contributed by atoms with van der Waals surface area (Å²) in [7, 11) is 0. The summed E-state index contributed by atoms with van der Waals surface area (Å²) >= 11 is 0. The fourth-order valence-corrected chi connectivity index (χ4v) is 3.24. The molecule has 1 aliphatic carbocycles. The van der Waals surface area contributed by atoms with Gasteiger partial charge in [-0.25, -0.2) is 31.1 Å². The molecule has 0 fully saturated rings. The van der Waals surface area contributed by atoms with E-state index in [1.54, 1.807) is 0 Å². The zero-order valence-electron chi connectivity index (χ0n) is 14.7. The number of rotatable bonds is 2. The Bertz CT molecular complexity index is 1460. The van der Waals surface area contributed by atoms with Crippen LogP contribution in [0.2, 0.25) is 0 Å². The molecule has 4 rings (SSSR count). The van der Waals surface area contributed by atoms with Crippen molar-refractivity contribution < 1.29 is 45.8 Å². The fourth-order valence-electron chi connectivity index (χ4n) is 3.24. The van der Waals surface area contributed by atoms with Crippen LogP contribution >= 0.6 is 0 Å². The van der Waals surface area contributed by atoms with Crippen molar-refractivity contribution in [2.75, 3.05) is 0 Å². The van der Waals surface area contributed by atoms with E-state index in [2.05, 4.69) is 0 Å². The van der Waals surface area contributed by atoms with Crippen LogP contribution in [0, 0.1) is 34.9 Å². The van der Waals surface area contributed by atoms with Crippen molar-refractivity contribution in [3.8, 4) is 28.2 Å². The van der Waals surface area contributed by atoms with Gasteiger partial charge in [0.05, 0.1) is 0 Å². The number of carbonyl (C=O) groups is 1. The Labute approximate surface area is 166 Å². The van der Waals surface area contributed by atoms with E-state index in [1.807, 2.05) is 0 Å². The molecule has 0 spiro atoms. The Morgan fingerprint density at radius 2 is 1.45 bits per heavy atom. The number of carboxylic acid groups (broad SMARTS) is 1. The second-order valence-electron chi connectivity index (χ2n) is 6.37. The van der Waals surface area contributed by atoms with Gasteiger partial charge in [0.1, 0.15) is 16.9 Å². The first-order valence-corrected chi connectivity index (χ1v) is 8.21. The number of aromatic hydroxyl groups is 1. The molecule has 158 valence electrons. The van der Waals surface area contributed by atoms with E-state index in [4.69, 9.17) is 4.42 Å². The van der Waals surface area contributed by atoms with E-state index < -0.39 is 91.0 Å². The lowest BCUT2D eigenvalue weighted by atomic mass is 9.89. The monoisotopic (exact) mass is 440 g/mol. The molecule has 11 heteroatoms. The molecule has 2 aromatic rings. The molecule has 5 nitrogen and oxygen atoms in total. The topological polar surface area (TPSA) is 87.7 Å². The molecular formula is C20H6F6O5. The smallest absolute Gasteiger partial charge is 0.339 e. The lowest BCUT2D eigenvalue weighted by molar-refractivity contribution is 0.0690. The standard InChI is InChI=1S/C20H6F6O5/c21-7-1-5-11(3-9(7)27)31-12-4-10(28)8(22)2-6(12)13(5)14-15(20(29)30)17(24)19(26)18(25)16(14)23/h1-4,27H,(H,29,30). The van der Waals surface area contributed by atoms with E-state index in [9.17, 15) is 46.1 Å². The molecule has 2 aromatic carbocycles. The van der Waals surface area contributed by atoms with Crippen LogP contribution in [0.4, 0.5) is 26.3 Å². The number of benzene rings is 3. The summed E-state index contributed by atoms with van der Waals surface area (Å²) in [6.07, 6.45) is 0. The van der Waals surface area contributed by atoms with Gasteiger partial charge in [-0.15, -0.1) is 0 Å². The van der Waals surface area contributed by atoms with Crippen LogP contribution in [0.3, 0.4) is 0 Å². The largest absolute Gasteiger partial charge is 0.505 e. The second-order valence-corrected chi connectivity index (χ2v) is 6.37. The van der Waals surface area contributed by atoms with E-state index >= 15 is 0 Å². The van der Waals surface area contributed by atoms with Crippen molar-refractivity contribution in [3.63, 3.8) is 0 Å². The number of carboxylic acids is 1. The van der Waals surface area contributed by atoms with Crippen LogP contribution in [0.1, 0.15) is 10.4 Å². The molecule has 0 saturated carbocycles. The van der Waals surface area contributed by atoms with E-state index in [-0.39, 0.29) is 0 Å². The third-order valence-corrected chi connectivity index (χ3v) is 4.57. The van der Waals surface area contributed by atoms with Gasteiger partial charge >= 0.3 is 5.97 Å². The minimum absolute atomic E-state index is 0.463. The molecule has 1 aliphatic heterocycles. The molecule has 0 radical (unpaired) electrons. The van der Waals surface area contributed by atoms with Crippen molar-refractivity contribution in [1.29, 1.82) is 0 Å². The molecule has 0 atom stereocenters.